The van der Waals surface area contributed by atoms with Crippen molar-refractivity contribution in [3.8, 4) is 11.3 Å². The second-order valence-corrected chi connectivity index (χ2v) is 10.4. The molecule has 0 aliphatic carbocycles. The van der Waals surface area contributed by atoms with E-state index in [1.54, 1.807) is 30.6 Å². The Bertz CT molecular complexity index is 1500. The van der Waals surface area contributed by atoms with Crippen LogP contribution in [-0.2, 0) is 10.0 Å². The number of nitrogens with zero attached hydrogens (tertiary/aromatic N) is 3. The lowest BCUT2D eigenvalue weighted by atomic mass is 10.1. The molecule has 1 fully saturated rings. The van der Waals surface area contributed by atoms with Crippen LogP contribution in [0.15, 0.2) is 73.1 Å². The van der Waals surface area contributed by atoms with Crippen molar-refractivity contribution in [3.63, 3.8) is 0 Å². The number of pyridine rings is 2. The summed E-state index contributed by atoms with van der Waals surface area (Å²) in [4.78, 5) is 21.8. The molecular weight excluding hydrogens is 472 g/mol. The van der Waals surface area contributed by atoms with Gasteiger partial charge in [0, 0.05) is 35.6 Å². The van der Waals surface area contributed by atoms with Crippen LogP contribution in [0.4, 0.5) is 11.4 Å². The van der Waals surface area contributed by atoms with Gasteiger partial charge in [-0.1, -0.05) is 23.7 Å². The summed E-state index contributed by atoms with van der Waals surface area (Å²) < 4.78 is 26.1. The summed E-state index contributed by atoms with van der Waals surface area (Å²) in [5, 5.41) is 3.98. The highest BCUT2D eigenvalue weighted by Gasteiger charge is 2.26. The number of rotatable bonds is 4. The lowest BCUT2D eigenvalue weighted by Gasteiger charge is -2.28. The van der Waals surface area contributed by atoms with E-state index in [4.69, 9.17) is 11.6 Å². The number of fused-ring (bicyclic) bond motifs is 1. The molecule has 2 aromatic heterocycles. The van der Waals surface area contributed by atoms with Gasteiger partial charge in [0.05, 0.1) is 33.2 Å². The average Bonchev–Trinajstić information content (AvgIpc) is 2.83. The summed E-state index contributed by atoms with van der Waals surface area (Å²) >= 11 is 6.40. The summed E-state index contributed by atoms with van der Waals surface area (Å²) in [5.41, 5.74) is 3.77. The third-order valence-electron chi connectivity index (χ3n) is 5.76. The van der Waals surface area contributed by atoms with Gasteiger partial charge in [-0.05, 0) is 61.4 Å². The molecule has 0 saturated carbocycles. The molecule has 5 rings (SSSR count). The molecule has 9 heteroatoms. The van der Waals surface area contributed by atoms with Crippen molar-refractivity contribution in [3.05, 3.63) is 83.6 Å². The number of carbonyl (C=O) groups is 1. The maximum atomic E-state index is 13.0. The quantitative estimate of drug-likeness (QED) is 0.426. The molecule has 1 N–H and O–H groups in total. The molecule has 1 saturated heterocycles. The second kappa shape index (κ2) is 9.04. The number of anilines is 2. The lowest BCUT2D eigenvalue weighted by molar-refractivity contribution is 0.102. The topological polar surface area (TPSA) is 92.3 Å². The van der Waals surface area contributed by atoms with Gasteiger partial charge in [-0.15, -0.1) is 0 Å². The highest BCUT2D eigenvalue weighted by molar-refractivity contribution is 7.92. The molecule has 0 atom stereocenters. The van der Waals surface area contributed by atoms with E-state index in [0.717, 1.165) is 28.6 Å². The number of carbonyl (C=O) groups excluding carboxylic acids is 1. The summed E-state index contributed by atoms with van der Waals surface area (Å²) in [6.45, 7) is 0.411. The number of aromatic nitrogens is 2. The first-order valence-corrected chi connectivity index (χ1v) is 12.8. The molecule has 1 aliphatic rings. The highest BCUT2D eigenvalue weighted by atomic mass is 35.5. The number of amides is 1. The first kappa shape index (κ1) is 22.3. The van der Waals surface area contributed by atoms with Crippen molar-refractivity contribution in [2.45, 2.75) is 12.8 Å². The number of halogens is 1. The van der Waals surface area contributed by atoms with Crippen molar-refractivity contribution in [2.75, 3.05) is 21.9 Å². The van der Waals surface area contributed by atoms with Crippen LogP contribution in [0.2, 0.25) is 5.02 Å². The number of benzene rings is 2. The maximum Gasteiger partial charge on any atom is 0.257 e. The van der Waals surface area contributed by atoms with Crippen LogP contribution in [0.5, 0.6) is 0 Å². The largest absolute Gasteiger partial charge is 0.322 e. The van der Waals surface area contributed by atoms with Crippen LogP contribution < -0.4 is 9.62 Å². The first-order chi connectivity index (χ1) is 16.4. The third-order valence-corrected chi connectivity index (χ3v) is 7.94. The lowest BCUT2D eigenvalue weighted by Crippen LogP contribution is -2.37. The molecule has 1 amide bonds. The highest BCUT2D eigenvalue weighted by Crippen LogP contribution is 2.30. The average molecular weight is 493 g/mol. The maximum absolute atomic E-state index is 13.0. The number of hydrogen-bond acceptors (Lipinski definition) is 5. The molecule has 3 heterocycles. The Labute approximate surface area is 202 Å². The fraction of sp³-hybridized carbons (Fsp3) is 0.160. The van der Waals surface area contributed by atoms with E-state index in [-0.39, 0.29) is 22.2 Å². The van der Waals surface area contributed by atoms with E-state index < -0.39 is 10.0 Å². The molecule has 0 unspecified atom stereocenters. The minimum absolute atomic E-state index is 0.116. The molecule has 172 valence electrons. The zero-order valence-electron chi connectivity index (χ0n) is 18.1. The fourth-order valence-corrected chi connectivity index (χ4v) is 5.99. The van der Waals surface area contributed by atoms with E-state index in [1.807, 2.05) is 36.4 Å². The number of nitrogens with one attached hydrogen (secondary N) is 1. The summed E-state index contributed by atoms with van der Waals surface area (Å²) in [5.74, 6) is -0.270. The minimum Gasteiger partial charge on any atom is -0.322 e. The molecule has 0 spiro atoms. The minimum atomic E-state index is -3.36. The Hall–Kier alpha value is -3.49. The third kappa shape index (κ3) is 4.34. The normalized spacial score (nSPS) is 15.3. The standard InChI is InChI=1S/C25H21ClN4O3S/c26-22-16-19(30-13-1-2-14-34(30,32)33)8-9-20(22)25(31)29-18-6-3-5-17(15-18)24-21-7-4-11-27-23(21)10-12-28-24/h3-12,15-16H,1-2,13-14H2,(H,29,31). The fourth-order valence-electron chi connectivity index (χ4n) is 4.10. The van der Waals surface area contributed by atoms with E-state index in [1.165, 1.54) is 10.4 Å². The molecular formula is C25H21ClN4O3S. The van der Waals surface area contributed by atoms with E-state index in [0.29, 0.717) is 24.3 Å². The van der Waals surface area contributed by atoms with Gasteiger partial charge in [0.1, 0.15) is 0 Å². The number of hydrogen-bond donors (Lipinski definition) is 1. The summed E-state index contributed by atoms with van der Waals surface area (Å²) in [6, 6.07) is 17.8. The molecule has 34 heavy (non-hydrogen) atoms. The second-order valence-electron chi connectivity index (χ2n) is 8.02. The Balaban J connectivity index is 1.40. The summed E-state index contributed by atoms with van der Waals surface area (Å²) in [6.07, 6.45) is 4.88. The van der Waals surface area contributed by atoms with E-state index in [2.05, 4.69) is 15.3 Å². The Morgan fingerprint density at radius 1 is 0.971 bits per heavy atom. The predicted molar refractivity (Wildman–Crippen MR) is 135 cm³/mol. The Morgan fingerprint density at radius 3 is 2.68 bits per heavy atom. The van der Waals surface area contributed by atoms with Gasteiger partial charge in [0.25, 0.3) is 5.91 Å². The molecule has 4 aromatic rings. The monoisotopic (exact) mass is 492 g/mol. The molecule has 1 aliphatic heterocycles. The van der Waals surface area contributed by atoms with Crippen molar-refractivity contribution in [1.29, 1.82) is 0 Å². The Kier molecular flexibility index (Phi) is 5.93. The van der Waals surface area contributed by atoms with Gasteiger partial charge < -0.3 is 5.32 Å². The van der Waals surface area contributed by atoms with Crippen molar-refractivity contribution < 1.29 is 13.2 Å². The zero-order chi connectivity index (χ0) is 23.7. The van der Waals surface area contributed by atoms with Gasteiger partial charge in [-0.2, -0.15) is 0 Å². The van der Waals surface area contributed by atoms with Gasteiger partial charge in [-0.25, -0.2) is 8.42 Å². The van der Waals surface area contributed by atoms with Crippen LogP contribution in [0.3, 0.4) is 0 Å². The van der Waals surface area contributed by atoms with Crippen molar-refractivity contribution >= 4 is 49.8 Å². The molecule has 7 nitrogen and oxygen atoms in total. The molecule has 2 aromatic carbocycles. The van der Waals surface area contributed by atoms with Crippen LogP contribution in [0.1, 0.15) is 23.2 Å². The predicted octanol–water partition coefficient (Wildman–Crippen LogP) is 5.13. The first-order valence-electron chi connectivity index (χ1n) is 10.8. The Morgan fingerprint density at radius 2 is 1.85 bits per heavy atom. The van der Waals surface area contributed by atoms with Gasteiger partial charge >= 0.3 is 0 Å². The van der Waals surface area contributed by atoms with Crippen LogP contribution >= 0.6 is 11.6 Å². The van der Waals surface area contributed by atoms with E-state index in [9.17, 15) is 13.2 Å². The van der Waals surface area contributed by atoms with Crippen LogP contribution in [-0.4, -0.2) is 36.6 Å². The van der Waals surface area contributed by atoms with Crippen molar-refractivity contribution in [2.24, 2.45) is 0 Å². The van der Waals surface area contributed by atoms with Crippen LogP contribution in [0.25, 0.3) is 22.2 Å². The molecule has 0 bridgehead atoms. The van der Waals surface area contributed by atoms with Crippen molar-refractivity contribution in [1.82, 2.24) is 9.97 Å². The zero-order valence-corrected chi connectivity index (χ0v) is 19.7. The van der Waals surface area contributed by atoms with Gasteiger partial charge in [0.15, 0.2) is 0 Å². The van der Waals surface area contributed by atoms with Gasteiger partial charge in [-0.3, -0.25) is 19.1 Å². The smallest absolute Gasteiger partial charge is 0.257 e. The number of sulfonamides is 1. The molecule has 0 radical (unpaired) electrons. The van der Waals surface area contributed by atoms with Gasteiger partial charge in [0.2, 0.25) is 10.0 Å². The van der Waals surface area contributed by atoms with E-state index >= 15 is 0 Å². The SMILES string of the molecule is O=C(Nc1cccc(-c2nccc3ncccc23)c1)c1ccc(N2CCCCS2(=O)=O)cc1Cl. The van der Waals surface area contributed by atoms with Crippen LogP contribution in [0, 0.1) is 0 Å². The summed E-state index contributed by atoms with van der Waals surface area (Å²) in [7, 11) is -3.36.